The van der Waals surface area contributed by atoms with Crippen molar-refractivity contribution in [3.8, 4) is 0 Å². The molecule has 0 radical (unpaired) electrons. The molecule has 1 aromatic carbocycles. The summed E-state index contributed by atoms with van der Waals surface area (Å²) in [5.41, 5.74) is 0.427. The van der Waals surface area contributed by atoms with Gasteiger partial charge in [0.05, 0.1) is 0 Å². The average Bonchev–Trinajstić information content (AvgIpc) is 2.25. The maximum atomic E-state index is 11.3. The zero-order valence-corrected chi connectivity index (χ0v) is 10.2. The van der Waals surface area contributed by atoms with Crippen LogP contribution in [0.3, 0.4) is 0 Å². The highest BCUT2D eigenvalue weighted by atomic mass is 35.5. The SMILES string of the molecule is CC(=O)c1cc(COC(=O)Cl)cc(C(C)=O)c1. The van der Waals surface area contributed by atoms with Crippen LogP contribution in [0.2, 0.25) is 0 Å². The Morgan fingerprint density at radius 1 is 1.06 bits per heavy atom. The van der Waals surface area contributed by atoms with E-state index < -0.39 is 5.43 Å². The number of carbonyl (C=O) groups is 3. The van der Waals surface area contributed by atoms with E-state index in [1.807, 2.05) is 0 Å². The normalized spacial score (nSPS) is 9.82. The molecule has 0 fully saturated rings. The Morgan fingerprint density at radius 3 is 1.88 bits per heavy atom. The van der Waals surface area contributed by atoms with Gasteiger partial charge in [0.15, 0.2) is 11.6 Å². The van der Waals surface area contributed by atoms with Crippen LogP contribution < -0.4 is 0 Å². The molecule has 1 aromatic rings. The maximum absolute atomic E-state index is 11.3. The zero-order valence-electron chi connectivity index (χ0n) is 9.45. The van der Waals surface area contributed by atoms with Crippen LogP contribution in [0.15, 0.2) is 18.2 Å². The van der Waals surface area contributed by atoms with Crippen molar-refractivity contribution in [2.75, 3.05) is 0 Å². The van der Waals surface area contributed by atoms with Gasteiger partial charge in [0.2, 0.25) is 0 Å². The quantitative estimate of drug-likeness (QED) is 0.612. The summed E-state index contributed by atoms with van der Waals surface area (Å²) in [6, 6.07) is 4.64. The minimum absolute atomic E-state index is 0.0657. The van der Waals surface area contributed by atoms with E-state index in [4.69, 9.17) is 11.6 Å². The molecule has 0 spiro atoms. The highest BCUT2D eigenvalue weighted by Gasteiger charge is 2.08. The van der Waals surface area contributed by atoms with Crippen molar-refractivity contribution in [2.45, 2.75) is 20.5 Å². The molecule has 0 N–H and O–H groups in total. The predicted octanol–water partition coefficient (Wildman–Crippen LogP) is 2.97. The first-order chi connectivity index (χ1) is 7.90. The summed E-state index contributed by atoms with van der Waals surface area (Å²) in [6.07, 6.45) is 0. The summed E-state index contributed by atoms with van der Waals surface area (Å²) in [6.45, 7) is 2.73. The fourth-order valence-electron chi connectivity index (χ4n) is 1.32. The Hall–Kier alpha value is -1.68. The Bertz CT molecular complexity index is 447. The van der Waals surface area contributed by atoms with Crippen LogP contribution in [0.25, 0.3) is 0 Å². The van der Waals surface area contributed by atoms with Gasteiger partial charge in [0.1, 0.15) is 6.61 Å². The second kappa shape index (κ2) is 5.59. The van der Waals surface area contributed by atoms with E-state index in [1.54, 1.807) is 12.1 Å². The number of halogens is 1. The van der Waals surface area contributed by atoms with E-state index in [2.05, 4.69) is 4.74 Å². The summed E-state index contributed by atoms with van der Waals surface area (Å²) in [7, 11) is 0. The van der Waals surface area contributed by atoms with Crippen LogP contribution in [-0.2, 0) is 11.3 Å². The Balaban J connectivity index is 3.08. The lowest BCUT2D eigenvalue weighted by atomic mass is 10.0. The molecule has 0 amide bonds. The molecule has 90 valence electrons. The van der Waals surface area contributed by atoms with Crippen molar-refractivity contribution in [3.05, 3.63) is 34.9 Å². The van der Waals surface area contributed by atoms with Crippen molar-refractivity contribution in [1.82, 2.24) is 0 Å². The van der Waals surface area contributed by atoms with Crippen molar-refractivity contribution >= 4 is 28.6 Å². The molecule has 0 aromatic heterocycles. The molecule has 0 saturated heterocycles. The molecule has 5 heteroatoms. The summed E-state index contributed by atoms with van der Waals surface area (Å²) >= 11 is 5.04. The number of carbonyl (C=O) groups excluding carboxylic acids is 3. The number of ether oxygens (including phenoxy) is 1. The van der Waals surface area contributed by atoms with Crippen molar-refractivity contribution in [3.63, 3.8) is 0 Å². The molecule has 0 atom stereocenters. The minimum atomic E-state index is -0.928. The Labute approximate surface area is 104 Å². The van der Waals surface area contributed by atoms with Crippen molar-refractivity contribution < 1.29 is 19.1 Å². The Kier molecular flexibility index (Phi) is 4.40. The molecule has 0 aliphatic rings. The van der Waals surface area contributed by atoms with Gasteiger partial charge in [0.25, 0.3) is 0 Å². The van der Waals surface area contributed by atoms with Gasteiger partial charge in [-0.15, -0.1) is 0 Å². The summed E-state index contributed by atoms with van der Waals surface area (Å²) in [5.74, 6) is -0.321. The molecule has 0 saturated carbocycles. The molecular formula is C12H11ClO4. The third-order valence-electron chi connectivity index (χ3n) is 2.16. The first-order valence-corrected chi connectivity index (χ1v) is 5.26. The van der Waals surface area contributed by atoms with Crippen LogP contribution >= 0.6 is 11.6 Å². The molecule has 0 aliphatic heterocycles. The monoisotopic (exact) mass is 254 g/mol. The van der Waals surface area contributed by atoms with Crippen LogP contribution in [0.4, 0.5) is 4.79 Å². The molecule has 4 nitrogen and oxygen atoms in total. The number of ketones is 2. The standard InChI is InChI=1S/C12H11ClO4/c1-7(14)10-3-9(6-17-12(13)16)4-11(5-10)8(2)15/h3-5H,6H2,1-2H3. The van der Waals surface area contributed by atoms with Gasteiger partial charge in [0, 0.05) is 22.7 Å². The number of hydrogen-bond acceptors (Lipinski definition) is 4. The first kappa shape index (κ1) is 13.4. The lowest BCUT2D eigenvalue weighted by Gasteiger charge is -2.06. The van der Waals surface area contributed by atoms with Gasteiger partial charge in [-0.05, 0) is 37.6 Å². The third-order valence-corrected chi connectivity index (χ3v) is 2.27. The number of Topliss-reactive ketones (excluding diaryl/α,β-unsaturated/α-hetero) is 2. The predicted molar refractivity (Wildman–Crippen MR) is 62.5 cm³/mol. The van der Waals surface area contributed by atoms with Gasteiger partial charge in [-0.3, -0.25) is 9.59 Å². The third kappa shape index (κ3) is 4.00. The molecule has 17 heavy (non-hydrogen) atoms. The van der Waals surface area contributed by atoms with Crippen LogP contribution in [0.5, 0.6) is 0 Å². The molecule has 0 heterocycles. The van der Waals surface area contributed by atoms with Gasteiger partial charge in [-0.1, -0.05) is 0 Å². The summed E-state index contributed by atoms with van der Waals surface area (Å²) in [4.78, 5) is 33.0. The van der Waals surface area contributed by atoms with Gasteiger partial charge in [-0.25, -0.2) is 4.79 Å². The van der Waals surface area contributed by atoms with E-state index in [-0.39, 0.29) is 18.2 Å². The van der Waals surface area contributed by atoms with Gasteiger partial charge < -0.3 is 4.74 Å². The van der Waals surface area contributed by atoms with Gasteiger partial charge in [-0.2, -0.15) is 0 Å². The minimum Gasteiger partial charge on any atom is -0.449 e. The topological polar surface area (TPSA) is 60.4 Å². The van der Waals surface area contributed by atoms with E-state index >= 15 is 0 Å². The largest absolute Gasteiger partial charge is 0.449 e. The van der Waals surface area contributed by atoms with E-state index in [1.165, 1.54) is 19.9 Å². The molecule has 1 rings (SSSR count). The fourth-order valence-corrected chi connectivity index (χ4v) is 1.38. The second-order valence-electron chi connectivity index (χ2n) is 3.56. The number of hydrogen-bond donors (Lipinski definition) is 0. The lowest BCUT2D eigenvalue weighted by molar-refractivity contribution is 0.101. The highest BCUT2D eigenvalue weighted by Crippen LogP contribution is 2.13. The first-order valence-electron chi connectivity index (χ1n) is 4.88. The zero-order chi connectivity index (χ0) is 13.0. The maximum Gasteiger partial charge on any atom is 0.404 e. The fraction of sp³-hybridized carbons (Fsp3) is 0.250. The van der Waals surface area contributed by atoms with Crippen LogP contribution in [-0.4, -0.2) is 17.0 Å². The Morgan fingerprint density at radius 2 is 1.53 bits per heavy atom. The van der Waals surface area contributed by atoms with Crippen molar-refractivity contribution in [2.24, 2.45) is 0 Å². The smallest absolute Gasteiger partial charge is 0.404 e. The van der Waals surface area contributed by atoms with Crippen LogP contribution in [0.1, 0.15) is 40.1 Å². The molecule has 0 aliphatic carbocycles. The number of rotatable bonds is 4. The molecule has 0 unspecified atom stereocenters. The summed E-state index contributed by atoms with van der Waals surface area (Å²) < 4.78 is 4.60. The van der Waals surface area contributed by atoms with E-state index in [0.29, 0.717) is 16.7 Å². The van der Waals surface area contributed by atoms with E-state index in [9.17, 15) is 14.4 Å². The van der Waals surface area contributed by atoms with Gasteiger partial charge >= 0.3 is 5.43 Å². The second-order valence-corrected chi connectivity index (χ2v) is 3.87. The average molecular weight is 255 g/mol. The van der Waals surface area contributed by atoms with Crippen LogP contribution in [0, 0.1) is 0 Å². The molecule has 0 bridgehead atoms. The highest BCUT2D eigenvalue weighted by molar-refractivity contribution is 6.61. The number of benzene rings is 1. The van der Waals surface area contributed by atoms with E-state index in [0.717, 1.165) is 0 Å². The van der Waals surface area contributed by atoms with Crippen molar-refractivity contribution in [1.29, 1.82) is 0 Å². The lowest BCUT2D eigenvalue weighted by Crippen LogP contribution is -2.03. The summed E-state index contributed by atoms with van der Waals surface area (Å²) in [5, 5.41) is 0. The molecular weight excluding hydrogens is 244 g/mol.